The van der Waals surface area contributed by atoms with Gasteiger partial charge in [-0.05, 0) is 50.2 Å². The summed E-state index contributed by atoms with van der Waals surface area (Å²) in [6.45, 7) is 4.51. The van der Waals surface area contributed by atoms with Crippen LogP contribution in [0.15, 0.2) is 36.4 Å². The van der Waals surface area contributed by atoms with Gasteiger partial charge in [0.1, 0.15) is 18.2 Å². The Balaban J connectivity index is 1.94. The number of ether oxygens (including phenoxy) is 1. The summed E-state index contributed by atoms with van der Waals surface area (Å²) in [5, 5.41) is 1.74. The summed E-state index contributed by atoms with van der Waals surface area (Å²) < 4.78 is 7.94. The summed E-state index contributed by atoms with van der Waals surface area (Å²) in [7, 11) is 0. The van der Waals surface area contributed by atoms with Crippen LogP contribution in [-0.2, 0) is 6.61 Å². The number of aromatic nitrogens is 2. The zero-order chi connectivity index (χ0) is 16.6. The third kappa shape index (κ3) is 3.42. The summed E-state index contributed by atoms with van der Waals surface area (Å²) in [6.07, 6.45) is 0. The van der Waals surface area contributed by atoms with Crippen LogP contribution in [0.1, 0.15) is 25.7 Å². The van der Waals surface area contributed by atoms with Crippen molar-refractivity contribution in [2.75, 3.05) is 0 Å². The molecule has 3 rings (SSSR count). The third-order valence-corrected chi connectivity index (χ3v) is 4.26. The fourth-order valence-electron chi connectivity index (χ4n) is 2.53. The molecule has 3 aromatic rings. The molecule has 0 spiro atoms. The van der Waals surface area contributed by atoms with Crippen LogP contribution < -0.4 is 4.74 Å². The van der Waals surface area contributed by atoms with Crippen molar-refractivity contribution < 1.29 is 4.74 Å². The maximum atomic E-state index is 6.14. The Labute approximate surface area is 149 Å². The SMILES string of the molecule is CC(C)n1c(COc2ccc(Cl)cc2Cl)nc2ccc(Cl)cc21. The minimum atomic E-state index is 0.234. The third-order valence-electron chi connectivity index (χ3n) is 3.49. The molecule has 120 valence electrons. The smallest absolute Gasteiger partial charge is 0.148 e. The lowest BCUT2D eigenvalue weighted by atomic mass is 10.3. The molecule has 6 heteroatoms. The number of nitrogens with zero attached hydrogens (tertiary/aromatic N) is 2. The van der Waals surface area contributed by atoms with Crippen molar-refractivity contribution in [3.8, 4) is 5.75 Å². The fourth-order valence-corrected chi connectivity index (χ4v) is 3.16. The number of hydrogen-bond donors (Lipinski definition) is 0. The number of halogens is 3. The molecule has 0 atom stereocenters. The molecule has 0 radical (unpaired) electrons. The van der Waals surface area contributed by atoms with E-state index >= 15 is 0 Å². The maximum absolute atomic E-state index is 6.14. The van der Waals surface area contributed by atoms with Crippen molar-refractivity contribution in [3.05, 3.63) is 57.3 Å². The Kier molecular flexibility index (Phi) is 4.72. The summed E-state index contributed by atoms with van der Waals surface area (Å²) in [5.74, 6) is 1.40. The Bertz CT molecular complexity index is 858. The number of imidazole rings is 1. The van der Waals surface area contributed by atoms with E-state index < -0.39 is 0 Å². The van der Waals surface area contributed by atoms with Crippen molar-refractivity contribution in [2.45, 2.75) is 26.5 Å². The van der Waals surface area contributed by atoms with Gasteiger partial charge < -0.3 is 9.30 Å². The normalized spacial score (nSPS) is 11.4. The van der Waals surface area contributed by atoms with E-state index in [4.69, 9.17) is 39.5 Å². The molecule has 0 unspecified atom stereocenters. The zero-order valence-corrected chi connectivity index (χ0v) is 15.0. The average molecular weight is 370 g/mol. The first-order chi connectivity index (χ1) is 11.0. The van der Waals surface area contributed by atoms with Gasteiger partial charge in [0.2, 0.25) is 0 Å². The molecule has 0 amide bonds. The van der Waals surface area contributed by atoms with E-state index in [1.165, 1.54) is 0 Å². The lowest BCUT2D eigenvalue weighted by Crippen LogP contribution is -2.09. The topological polar surface area (TPSA) is 27.1 Å². The van der Waals surface area contributed by atoms with Crippen LogP contribution >= 0.6 is 34.8 Å². The van der Waals surface area contributed by atoms with Gasteiger partial charge in [0.05, 0.1) is 16.1 Å². The first-order valence-electron chi connectivity index (χ1n) is 7.20. The van der Waals surface area contributed by atoms with Crippen molar-refractivity contribution >= 4 is 45.8 Å². The highest BCUT2D eigenvalue weighted by Crippen LogP contribution is 2.29. The number of rotatable bonds is 4. The Morgan fingerprint density at radius 2 is 1.74 bits per heavy atom. The highest BCUT2D eigenvalue weighted by atomic mass is 35.5. The molecular formula is C17H15Cl3N2O. The molecule has 2 aromatic carbocycles. The summed E-state index contributed by atoms with van der Waals surface area (Å²) in [5.41, 5.74) is 1.89. The minimum Gasteiger partial charge on any atom is -0.484 e. The largest absolute Gasteiger partial charge is 0.484 e. The van der Waals surface area contributed by atoms with Crippen LogP contribution in [0, 0.1) is 0 Å². The number of hydrogen-bond acceptors (Lipinski definition) is 2. The van der Waals surface area contributed by atoms with Gasteiger partial charge in [0.25, 0.3) is 0 Å². The molecule has 1 heterocycles. The van der Waals surface area contributed by atoms with Gasteiger partial charge >= 0.3 is 0 Å². The maximum Gasteiger partial charge on any atom is 0.148 e. The van der Waals surface area contributed by atoms with E-state index in [9.17, 15) is 0 Å². The van der Waals surface area contributed by atoms with Crippen LogP contribution in [0.25, 0.3) is 11.0 Å². The van der Waals surface area contributed by atoms with Crippen molar-refractivity contribution in [3.63, 3.8) is 0 Å². The van der Waals surface area contributed by atoms with Gasteiger partial charge in [-0.3, -0.25) is 0 Å². The quantitative estimate of drug-likeness (QED) is 0.551. The molecule has 3 nitrogen and oxygen atoms in total. The highest BCUT2D eigenvalue weighted by Gasteiger charge is 2.15. The van der Waals surface area contributed by atoms with Crippen LogP contribution in [0.3, 0.4) is 0 Å². The van der Waals surface area contributed by atoms with Gasteiger partial charge in [-0.1, -0.05) is 34.8 Å². The van der Waals surface area contributed by atoms with Crippen molar-refractivity contribution in [2.24, 2.45) is 0 Å². The van der Waals surface area contributed by atoms with E-state index in [1.54, 1.807) is 18.2 Å². The summed E-state index contributed by atoms with van der Waals surface area (Å²) >= 11 is 18.2. The second-order valence-electron chi connectivity index (χ2n) is 5.49. The van der Waals surface area contributed by atoms with Gasteiger partial charge in [0, 0.05) is 16.1 Å². The first-order valence-corrected chi connectivity index (χ1v) is 8.33. The second-order valence-corrected chi connectivity index (χ2v) is 6.77. The van der Waals surface area contributed by atoms with Gasteiger partial charge in [0.15, 0.2) is 0 Å². The average Bonchev–Trinajstić information content (AvgIpc) is 2.84. The Morgan fingerprint density at radius 3 is 2.43 bits per heavy atom. The Morgan fingerprint density at radius 1 is 1.04 bits per heavy atom. The molecule has 1 aromatic heterocycles. The summed E-state index contributed by atoms with van der Waals surface area (Å²) in [4.78, 5) is 4.65. The van der Waals surface area contributed by atoms with E-state index in [2.05, 4.69) is 23.4 Å². The van der Waals surface area contributed by atoms with E-state index in [-0.39, 0.29) is 6.04 Å². The monoisotopic (exact) mass is 368 g/mol. The standard InChI is InChI=1S/C17H15Cl3N2O/c1-10(2)22-15-8-12(19)3-5-14(15)21-17(22)9-23-16-6-4-11(18)7-13(16)20/h3-8,10H,9H2,1-2H3. The van der Waals surface area contributed by atoms with Crippen LogP contribution in [0.5, 0.6) is 5.75 Å². The van der Waals surface area contributed by atoms with Crippen LogP contribution in [0.2, 0.25) is 15.1 Å². The first kappa shape index (κ1) is 16.4. The van der Waals surface area contributed by atoms with Crippen molar-refractivity contribution in [1.29, 1.82) is 0 Å². The molecule has 0 aliphatic carbocycles. The molecule has 0 N–H and O–H groups in total. The molecule has 0 aliphatic rings. The van der Waals surface area contributed by atoms with E-state index in [1.807, 2.05) is 18.2 Å². The molecule has 0 saturated carbocycles. The predicted octanol–water partition coefficient (Wildman–Crippen LogP) is 6.16. The minimum absolute atomic E-state index is 0.234. The number of benzene rings is 2. The molecule has 0 bridgehead atoms. The van der Waals surface area contributed by atoms with Crippen LogP contribution in [-0.4, -0.2) is 9.55 Å². The second kappa shape index (κ2) is 6.60. The molecule has 0 fully saturated rings. The lowest BCUT2D eigenvalue weighted by molar-refractivity contribution is 0.287. The zero-order valence-electron chi connectivity index (χ0n) is 12.7. The van der Waals surface area contributed by atoms with Gasteiger partial charge in [-0.15, -0.1) is 0 Å². The summed E-state index contributed by atoms with van der Waals surface area (Å²) in [6, 6.07) is 11.1. The Hall–Kier alpha value is -1.42. The fraction of sp³-hybridized carbons (Fsp3) is 0.235. The molecule has 0 saturated heterocycles. The highest BCUT2D eigenvalue weighted by molar-refractivity contribution is 6.35. The van der Waals surface area contributed by atoms with Crippen molar-refractivity contribution in [1.82, 2.24) is 9.55 Å². The lowest BCUT2D eigenvalue weighted by Gasteiger charge is -2.14. The molecule has 0 aliphatic heterocycles. The van der Waals surface area contributed by atoms with Crippen LogP contribution in [0.4, 0.5) is 0 Å². The predicted molar refractivity (Wildman–Crippen MR) is 95.9 cm³/mol. The van der Waals surface area contributed by atoms with E-state index in [0.717, 1.165) is 16.9 Å². The van der Waals surface area contributed by atoms with Gasteiger partial charge in [-0.2, -0.15) is 0 Å². The molecular weight excluding hydrogens is 355 g/mol. The van der Waals surface area contributed by atoms with Gasteiger partial charge in [-0.25, -0.2) is 4.98 Å². The van der Waals surface area contributed by atoms with E-state index in [0.29, 0.717) is 27.4 Å². The number of fused-ring (bicyclic) bond motifs is 1. The molecule has 23 heavy (non-hydrogen) atoms.